The van der Waals surface area contributed by atoms with E-state index >= 15 is 0 Å². The van der Waals surface area contributed by atoms with E-state index in [4.69, 9.17) is 10.00 Å². The van der Waals surface area contributed by atoms with Gasteiger partial charge < -0.3 is 9.64 Å². The first kappa shape index (κ1) is 13.2. The van der Waals surface area contributed by atoms with Crippen LogP contribution in [0.1, 0.15) is 6.42 Å². The number of methoxy groups -OCH3 is 1. The van der Waals surface area contributed by atoms with Crippen molar-refractivity contribution in [2.45, 2.75) is 6.42 Å². The highest BCUT2D eigenvalue weighted by Gasteiger charge is 2.10. The Hall–Kier alpha value is -2.19. The largest absolute Gasteiger partial charge is 0.383 e. The van der Waals surface area contributed by atoms with Gasteiger partial charge in [-0.1, -0.05) is 18.2 Å². The molecule has 0 N–H and O–H groups in total. The second kappa shape index (κ2) is 6.66. The molecule has 0 radical (unpaired) electrons. The molecule has 0 saturated heterocycles. The molecule has 19 heavy (non-hydrogen) atoms. The minimum atomic E-state index is 0.473. The molecule has 0 saturated carbocycles. The summed E-state index contributed by atoms with van der Waals surface area (Å²) >= 11 is 0. The van der Waals surface area contributed by atoms with E-state index < -0.39 is 0 Å². The fourth-order valence-corrected chi connectivity index (χ4v) is 1.98. The van der Waals surface area contributed by atoms with Gasteiger partial charge in [0.2, 0.25) is 0 Å². The Kier molecular flexibility index (Phi) is 4.65. The van der Waals surface area contributed by atoms with Gasteiger partial charge in [0.25, 0.3) is 0 Å². The Bertz CT molecular complexity index is 574. The van der Waals surface area contributed by atoms with Crippen molar-refractivity contribution in [2.75, 3.05) is 31.7 Å². The molecule has 98 valence electrons. The second-order valence-corrected chi connectivity index (χ2v) is 4.13. The van der Waals surface area contributed by atoms with Crippen LogP contribution in [0.25, 0.3) is 10.9 Å². The molecule has 1 heterocycles. The van der Waals surface area contributed by atoms with Crippen molar-refractivity contribution in [3.05, 3.63) is 30.5 Å². The van der Waals surface area contributed by atoms with Crippen molar-refractivity contribution in [1.82, 2.24) is 10.2 Å². The molecule has 2 rings (SSSR count). The molecule has 0 fully saturated rings. The van der Waals surface area contributed by atoms with Gasteiger partial charge in [0.05, 0.1) is 36.5 Å². The zero-order chi connectivity index (χ0) is 13.5. The average Bonchev–Trinajstić information content (AvgIpc) is 2.47. The number of ether oxygens (including phenoxy) is 1. The molecule has 0 bridgehead atoms. The van der Waals surface area contributed by atoms with E-state index in [1.54, 1.807) is 13.3 Å². The molecule has 0 amide bonds. The maximum atomic E-state index is 8.76. The lowest BCUT2D eigenvalue weighted by atomic mass is 10.2. The number of benzene rings is 1. The van der Waals surface area contributed by atoms with Gasteiger partial charge in [-0.3, -0.25) is 0 Å². The van der Waals surface area contributed by atoms with Crippen LogP contribution in [0.2, 0.25) is 0 Å². The summed E-state index contributed by atoms with van der Waals surface area (Å²) in [7, 11) is 1.67. The topological polar surface area (TPSA) is 62.0 Å². The van der Waals surface area contributed by atoms with Gasteiger partial charge in [-0.15, -0.1) is 0 Å². The number of fused-ring (bicyclic) bond motifs is 1. The molecule has 5 heteroatoms. The van der Waals surface area contributed by atoms with Crippen LogP contribution in [0, 0.1) is 11.3 Å². The van der Waals surface area contributed by atoms with Crippen LogP contribution in [0.15, 0.2) is 30.5 Å². The Morgan fingerprint density at radius 2 is 2.16 bits per heavy atom. The van der Waals surface area contributed by atoms with Gasteiger partial charge in [0.15, 0.2) is 0 Å². The number of anilines is 1. The molecule has 0 aliphatic carbocycles. The van der Waals surface area contributed by atoms with Crippen molar-refractivity contribution in [3.8, 4) is 6.07 Å². The molecular weight excluding hydrogens is 240 g/mol. The molecule has 2 aromatic rings. The van der Waals surface area contributed by atoms with Gasteiger partial charge in [-0.2, -0.15) is 15.5 Å². The van der Waals surface area contributed by atoms with Gasteiger partial charge >= 0.3 is 0 Å². The first-order valence-electron chi connectivity index (χ1n) is 6.18. The van der Waals surface area contributed by atoms with Crippen LogP contribution in [-0.4, -0.2) is 37.0 Å². The molecule has 0 aliphatic rings. The fraction of sp³-hybridized carbons (Fsp3) is 0.357. The Labute approximate surface area is 112 Å². The minimum Gasteiger partial charge on any atom is -0.383 e. The third-order valence-corrected chi connectivity index (χ3v) is 2.93. The molecular formula is C14H16N4O. The summed E-state index contributed by atoms with van der Waals surface area (Å²) in [6.07, 6.45) is 2.22. The maximum Gasteiger partial charge on any atom is 0.0950 e. The van der Waals surface area contributed by atoms with E-state index in [9.17, 15) is 0 Å². The minimum absolute atomic E-state index is 0.473. The molecule has 0 atom stereocenters. The van der Waals surface area contributed by atoms with E-state index in [0.29, 0.717) is 19.6 Å². The first-order valence-corrected chi connectivity index (χ1v) is 6.18. The zero-order valence-electron chi connectivity index (χ0n) is 10.9. The lowest BCUT2D eigenvalue weighted by Crippen LogP contribution is -2.28. The van der Waals surface area contributed by atoms with Gasteiger partial charge in [-0.25, -0.2) is 0 Å². The fourth-order valence-electron chi connectivity index (χ4n) is 1.98. The van der Waals surface area contributed by atoms with Gasteiger partial charge in [-0.05, 0) is 6.07 Å². The van der Waals surface area contributed by atoms with Crippen LogP contribution >= 0.6 is 0 Å². The normalized spacial score (nSPS) is 10.3. The predicted octanol–water partition coefficient (Wildman–Crippen LogP) is 2.00. The average molecular weight is 256 g/mol. The third-order valence-electron chi connectivity index (χ3n) is 2.93. The quantitative estimate of drug-likeness (QED) is 0.791. The number of rotatable bonds is 6. The second-order valence-electron chi connectivity index (χ2n) is 4.13. The number of nitriles is 1. The number of nitrogens with zero attached hydrogens (tertiary/aromatic N) is 4. The number of hydrogen-bond donors (Lipinski definition) is 0. The van der Waals surface area contributed by atoms with E-state index in [-0.39, 0.29) is 0 Å². The first-order chi connectivity index (χ1) is 9.36. The molecule has 1 aromatic heterocycles. The van der Waals surface area contributed by atoms with Gasteiger partial charge in [0.1, 0.15) is 0 Å². The lowest BCUT2D eigenvalue weighted by molar-refractivity contribution is 0.205. The van der Waals surface area contributed by atoms with Gasteiger partial charge in [0, 0.05) is 25.6 Å². The van der Waals surface area contributed by atoms with E-state index in [1.807, 2.05) is 24.3 Å². The highest BCUT2D eigenvalue weighted by atomic mass is 16.5. The zero-order valence-corrected chi connectivity index (χ0v) is 10.9. The molecule has 1 aromatic carbocycles. The number of hydrogen-bond acceptors (Lipinski definition) is 5. The van der Waals surface area contributed by atoms with Crippen molar-refractivity contribution in [3.63, 3.8) is 0 Å². The summed E-state index contributed by atoms with van der Waals surface area (Å²) in [6.45, 7) is 2.01. The number of aromatic nitrogens is 2. The molecule has 0 unspecified atom stereocenters. The summed E-state index contributed by atoms with van der Waals surface area (Å²) in [5.41, 5.74) is 1.86. The van der Waals surface area contributed by atoms with Crippen LogP contribution in [0.5, 0.6) is 0 Å². The highest BCUT2D eigenvalue weighted by molar-refractivity contribution is 5.90. The van der Waals surface area contributed by atoms with Crippen LogP contribution < -0.4 is 4.90 Å². The summed E-state index contributed by atoms with van der Waals surface area (Å²) in [5, 5.41) is 18.0. The molecule has 5 nitrogen and oxygen atoms in total. The maximum absolute atomic E-state index is 8.76. The predicted molar refractivity (Wildman–Crippen MR) is 73.9 cm³/mol. The van der Waals surface area contributed by atoms with E-state index in [2.05, 4.69) is 21.2 Å². The highest BCUT2D eigenvalue weighted by Crippen LogP contribution is 2.23. The smallest absolute Gasteiger partial charge is 0.0950 e. The van der Waals surface area contributed by atoms with Crippen molar-refractivity contribution < 1.29 is 4.74 Å². The Morgan fingerprint density at radius 3 is 2.95 bits per heavy atom. The van der Waals surface area contributed by atoms with Crippen LogP contribution in [-0.2, 0) is 4.74 Å². The van der Waals surface area contributed by atoms with E-state index in [1.165, 1.54) is 0 Å². The summed E-state index contributed by atoms with van der Waals surface area (Å²) in [6, 6.07) is 10.0. The molecule has 0 spiro atoms. The van der Waals surface area contributed by atoms with E-state index in [0.717, 1.165) is 23.1 Å². The van der Waals surface area contributed by atoms with Crippen molar-refractivity contribution in [2.24, 2.45) is 0 Å². The van der Waals surface area contributed by atoms with Crippen molar-refractivity contribution in [1.29, 1.82) is 5.26 Å². The summed E-state index contributed by atoms with van der Waals surface area (Å²) in [5.74, 6) is 0. The Balaban J connectivity index is 2.34. The summed E-state index contributed by atoms with van der Waals surface area (Å²) < 4.78 is 5.13. The third kappa shape index (κ3) is 3.18. The lowest BCUT2D eigenvalue weighted by Gasteiger charge is -2.24. The SMILES string of the molecule is COCCN(CCC#N)c1cnnc2ccccc12. The summed E-state index contributed by atoms with van der Waals surface area (Å²) in [4.78, 5) is 2.11. The Morgan fingerprint density at radius 1 is 1.32 bits per heavy atom. The standard InChI is InChI=1S/C14H16N4O/c1-19-10-9-18(8-4-7-15)14-11-16-17-13-6-3-2-5-12(13)14/h2-3,5-6,11H,4,8-10H2,1H3. The monoisotopic (exact) mass is 256 g/mol. The molecule has 0 aliphatic heterocycles. The van der Waals surface area contributed by atoms with Crippen LogP contribution in [0.4, 0.5) is 5.69 Å². The van der Waals surface area contributed by atoms with Crippen LogP contribution in [0.3, 0.4) is 0 Å². The van der Waals surface area contributed by atoms with Crippen molar-refractivity contribution >= 4 is 16.6 Å².